The predicted octanol–water partition coefficient (Wildman–Crippen LogP) is 0.592. The molecule has 2 rings (SSSR count). The fourth-order valence-corrected chi connectivity index (χ4v) is 1.91. The topological polar surface area (TPSA) is 44.0 Å². The Morgan fingerprint density at radius 1 is 1.57 bits per heavy atom. The van der Waals surface area contributed by atoms with Gasteiger partial charge in [-0.05, 0) is 19.9 Å². The molecule has 0 amide bonds. The Morgan fingerprint density at radius 3 is 3.14 bits per heavy atom. The van der Waals surface area contributed by atoms with E-state index in [1.807, 2.05) is 12.3 Å². The average molecular weight is 194 g/mol. The van der Waals surface area contributed by atoms with E-state index < -0.39 is 0 Å². The van der Waals surface area contributed by atoms with Crippen molar-refractivity contribution < 1.29 is 0 Å². The lowest BCUT2D eigenvalue weighted by molar-refractivity contribution is 0.137. The molecular formula is C10H18N4. The molecule has 1 aromatic heterocycles. The van der Waals surface area contributed by atoms with Gasteiger partial charge in [-0.1, -0.05) is 0 Å². The van der Waals surface area contributed by atoms with E-state index in [2.05, 4.69) is 34.3 Å². The molecule has 0 bridgehead atoms. The van der Waals surface area contributed by atoms with Crippen molar-refractivity contribution in [2.24, 2.45) is 0 Å². The highest BCUT2D eigenvalue weighted by molar-refractivity contribution is 4.98. The maximum Gasteiger partial charge on any atom is 0.0492 e. The van der Waals surface area contributed by atoms with E-state index >= 15 is 0 Å². The quantitative estimate of drug-likeness (QED) is 0.724. The minimum Gasteiger partial charge on any atom is -0.311 e. The first-order valence-corrected chi connectivity index (χ1v) is 5.21. The van der Waals surface area contributed by atoms with Gasteiger partial charge in [-0.3, -0.25) is 10.00 Å². The van der Waals surface area contributed by atoms with Crippen LogP contribution >= 0.6 is 0 Å². The molecule has 78 valence electrons. The number of hydrogen-bond donors (Lipinski definition) is 2. The summed E-state index contributed by atoms with van der Waals surface area (Å²) in [5.41, 5.74) is 1.20. The first-order valence-electron chi connectivity index (χ1n) is 5.21. The minimum atomic E-state index is 0.592. The third-order valence-electron chi connectivity index (χ3n) is 2.83. The van der Waals surface area contributed by atoms with Crippen LogP contribution in [0.15, 0.2) is 12.3 Å². The van der Waals surface area contributed by atoms with Crippen LogP contribution in [0.25, 0.3) is 0 Å². The zero-order valence-corrected chi connectivity index (χ0v) is 8.83. The van der Waals surface area contributed by atoms with E-state index in [4.69, 9.17) is 0 Å². The van der Waals surface area contributed by atoms with Crippen molar-refractivity contribution in [2.45, 2.75) is 32.5 Å². The number of piperazine rings is 1. The predicted molar refractivity (Wildman–Crippen MR) is 55.9 cm³/mol. The molecule has 1 aliphatic heterocycles. The van der Waals surface area contributed by atoms with Crippen LogP contribution in [0.4, 0.5) is 0 Å². The number of aromatic amines is 1. The molecule has 0 saturated carbocycles. The number of nitrogens with zero attached hydrogens (tertiary/aromatic N) is 2. The first-order chi connectivity index (χ1) is 6.75. The third kappa shape index (κ3) is 2.13. The molecule has 1 saturated heterocycles. The Morgan fingerprint density at radius 2 is 2.43 bits per heavy atom. The van der Waals surface area contributed by atoms with Crippen LogP contribution in [0.1, 0.15) is 19.5 Å². The van der Waals surface area contributed by atoms with E-state index in [0.29, 0.717) is 12.1 Å². The fourth-order valence-electron chi connectivity index (χ4n) is 1.91. The number of rotatable bonds is 2. The lowest BCUT2D eigenvalue weighted by atomic mass is 10.1. The second kappa shape index (κ2) is 4.11. The number of aromatic nitrogens is 2. The Kier molecular flexibility index (Phi) is 2.84. The first kappa shape index (κ1) is 9.68. The van der Waals surface area contributed by atoms with Gasteiger partial charge in [-0.25, -0.2) is 0 Å². The Hall–Kier alpha value is -0.870. The van der Waals surface area contributed by atoms with Gasteiger partial charge in [-0.2, -0.15) is 5.10 Å². The van der Waals surface area contributed by atoms with E-state index in [-0.39, 0.29) is 0 Å². The van der Waals surface area contributed by atoms with E-state index in [1.165, 1.54) is 5.69 Å². The summed E-state index contributed by atoms with van der Waals surface area (Å²) >= 11 is 0. The molecule has 1 fully saturated rings. The molecule has 2 unspecified atom stereocenters. The third-order valence-corrected chi connectivity index (χ3v) is 2.83. The van der Waals surface area contributed by atoms with Crippen molar-refractivity contribution >= 4 is 0 Å². The summed E-state index contributed by atoms with van der Waals surface area (Å²) in [6, 6.07) is 3.24. The molecule has 1 aromatic rings. The van der Waals surface area contributed by atoms with Gasteiger partial charge in [0.05, 0.1) is 0 Å². The van der Waals surface area contributed by atoms with Gasteiger partial charge < -0.3 is 5.32 Å². The Bertz CT molecular complexity index is 270. The second-order valence-electron chi connectivity index (χ2n) is 4.17. The van der Waals surface area contributed by atoms with E-state index in [0.717, 1.165) is 19.6 Å². The average Bonchev–Trinajstić information content (AvgIpc) is 2.64. The van der Waals surface area contributed by atoms with Gasteiger partial charge >= 0.3 is 0 Å². The second-order valence-corrected chi connectivity index (χ2v) is 4.17. The molecule has 0 aliphatic carbocycles. The highest BCUT2D eigenvalue weighted by Crippen LogP contribution is 2.10. The largest absolute Gasteiger partial charge is 0.311 e. The lowest BCUT2D eigenvalue weighted by Crippen LogP contribution is -2.53. The maximum atomic E-state index is 3.96. The van der Waals surface area contributed by atoms with E-state index in [9.17, 15) is 0 Å². The lowest BCUT2D eigenvalue weighted by Gasteiger charge is -2.37. The molecule has 2 heterocycles. The molecule has 4 heteroatoms. The van der Waals surface area contributed by atoms with Crippen LogP contribution in [0.2, 0.25) is 0 Å². The van der Waals surface area contributed by atoms with Crippen LogP contribution in [0.5, 0.6) is 0 Å². The van der Waals surface area contributed by atoms with Crippen molar-refractivity contribution in [3.63, 3.8) is 0 Å². The van der Waals surface area contributed by atoms with Gasteiger partial charge in [-0.15, -0.1) is 0 Å². The molecule has 0 spiro atoms. The molecule has 0 radical (unpaired) electrons. The van der Waals surface area contributed by atoms with Crippen LogP contribution < -0.4 is 5.32 Å². The molecule has 0 aromatic carbocycles. The molecule has 2 N–H and O–H groups in total. The van der Waals surface area contributed by atoms with Crippen molar-refractivity contribution in [3.8, 4) is 0 Å². The summed E-state index contributed by atoms with van der Waals surface area (Å²) < 4.78 is 0. The van der Waals surface area contributed by atoms with Crippen molar-refractivity contribution in [1.82, 2.24) is 20.4 Å². The molecule has 14 heavy (non-hydrogen) atoms. The highest BCUT2D eigenvalue weighted by Gasteiger charge is 2.22. The van der Waals surface area contributed by atoms with Crippen molar-refractivity contribution in [2.75, 3.05) is 13.1 Å². The SMILES string of the molecule is CC1CN(Cc2ccn[nH]2)C(C)CN1. The van der Waals surface area contributed by atoms with Gasteiger partial charge in [0.15, 0.2) is 0 Å². The van der Waals surface area contributed by atoms with Crippen LogP contribution in [-0.2, 0) is 6.54 Å². The number of hydrogen-bond acceptors (Lipinski definition) is 3. The Labute approximate surface area is 84.7 Å². The molecule has 1 aliphatic rings. The van der Waals surface area contributed by atoms with Crippen LogP contribution in [0.3, 0.4) is 0 Å². The van der Waals surface area contributed by atoms with Crippen LogP contribution in [-0.4, -0.2) is 40.3 Å². The van der Waals surface area contributed by atoms with Gasteiger partial charge in [0, 0.05) is 43.6 Å². The van der Waals surface area contributed by atoms with Crippen LogP contribution in [0, 0.1) is 0 Å². The monoisotopic (exact) mass is 194 g/mol. The van der Waals surface area contributed by atoms with E-state index in [1.54, 1.807) is 0 Å². The van der Waals surface area contributed by atoms with Crippen molar-refractivity contribution in [3.05, 3.63) is 18.0 Å². The smallest absolute Gasteiger partial charge is 0.0492 e. The molecular weight excluding hydrogens is 176 g/mol. The summed E-state index contributed by atoms with van der Waals surface area (Å²) in [4.78, 5) is 2.48. The summed E-state index contributed by atoms with van der Waals surface area (Å²) in [6.07, 6.45) is 1.81. The standard InChI is InChI=1S/C10H18N4/c1-8-6-14(9(2)5-11-8)7-10-3-4-12-13-10/h3-4,8-9,11H,5-7H2,1-2H3,(H,12,13). The summed E-state index contributed by atoms with van der Waals surface area (Å²) in [5, 5.41) is 10.4. The number of H-pyrrole nitrogens is 1. The zero-order valence-electron chi connectivity index (χ0n) is 8.83. The summed E-state index contributed by atoms with van der Waals surface area (Å²) in [5.74, 6) is 0. The van der Waals surface area contributed by atoms with Gasteiger partial charge in [0.2, 0.25) is 0 Å². The van der Waals surface area contributed by atoms with Crippen molar-refractivity contribution in [1.29, 1.82) is 0 Å². The summed E-state index contributed by atoms with van der Waals surface area (Å²) in [6.45, 7) is 7.66. The Balaban J connectivity index is 1.95. The highest BCUT2D eigenvalue weighted by atomic mass is 15.2. The normalized spacial score (nSPS) is 29.3. The van der Waals surface area contributed by atoms with Gasteiger partial charge in [0.1, 0.15) is 0 Å². The number of nitrogens with one attached hydrogen (secondary N) is 2. The molecule has 2 atom stereocenters. The fraction of sp³-hybridized carbons (Fsp3) is 0.700. The zero-order chi connectivity index (χ0) is 9.97. The summed E-state index contributed by atoms with van der Waals surface area (Å²) in [7, 11) is 0. The molecule has 4 nitrogen and oxygen atoms in total. The van der Waals surface area contributed by atoms with Gasteiger partial charge in [0.25, 0.3) is 0 Å². The maximum absolute atomic E-state index is 3.96. The minimum absolute atomic E-state index is 0.592.